The van der Waals surface area contributed by atoms with Gasteiger partial charge < -0.3 is 20.5 Å². The number of halogens is 4. The molecule has 1 aromatic heterocycles. The molecule has 2 amide bonds. The Hall–Kier alpha value is -4.05. The number of nitrogens with zero attached hydrogens (tertiary/aromatic N) is 2. The maximum absolute atomic E-state index is 13.0. The molecule has 3 aromatic carbocycles. The molecule has 0 saturated heterocycles. The minimum atomic E-state index is -4.64. The highest BCUT2D eigenvalue weighted by Gasteiger charge is 2.33. The summed E-state index contributed by atoms with van der Waals surface area (Å²) in [6.45, 7) is 0. The number of fused-ring (bicyclic) bond motifs is 1. The number of alkyl halides is 3. The van der Waals surface area contributed by atoms with E-state index in [2.05, 4.69) is 20.6 Å². The third kappa shape index (κ3) is 5.42. The van der Waals surface area contributed by atoms with Crippen LogP contribution in [0.15, 0.2) is 66.9 Å². The van der Waals surface area contributed by atoms with Gasteiger partial charge in [0.15, 0.2) is 0 Å². The van der Waals surface area contributed by atoms with Gasteiger partial charge in [0, 0.05) is 17.4 Å². The summed E-state index contributed by atoms with van der Waals surface area (Å²) < 4.78 is 44.6. The van der Waals surface area contributed by atoms with Gasteiger partial charge in [0.05, 0.1) is 27.8 Å². The zero-order valence-corrected chi connectivity index (χ0v) is 17.3. The molecule has 0 fully saturated rings. The number of urea groups is 1. The molecule has 0 unspecified atom stereocenters. The summed E-state index contributed by atoms with van der Waals surface area (Å²) in [5.41, 5.74) is 0.333. The minimum Gasteiger partial charge on any atom is -0.492 e. The number of hydrogen-bond acceptors (Lipinski definition) is 5. The van der Waals surface area contributed by atoms with Crippen LogP contribution < -0.4 is 15.4 Å². The fraction of sp³-hybridized carbons (Fsp3) is 0.0455. The van der Waals surface area contributed by atoms with Crippen LogP contribution in [0.25, 0.3) is 11.0 Å². The molecule has 1 heterocycles. The van der Waals surface area contributed by atoms with E-state index in [1.165, 1.54) is 12.3 Å². The van der Waals surface area contributed by atoms with Crippen LogP contribution in [0, 0.1) is 0 Å². The summed E-state index contributed by atoms with van der Waals surface area (Å²) in [5.74, 6) is 0.714. The first-order valence-corrected chi connectivity index (χ1v) is 9.74. The smallest absolute Gasteiger partial charge is 0.417 e. The molecule has 11 heteroatoms. The Labute approximate surface area is 189 Å². The molecule has 4 aromatic rings. The maximum atomic E-state index is 13.0. The van der Waals surface area contributed by atoms with E-state index in [0.29, 0.717) is 28.2 Å². The van der Waals surface area contributed by atoms with E-state index in [0.717, 1.165) is 12.1 Å². The molecule has 3 N–H and O–H groups in total. The Morgan fingerprint density at radius 1 is 0.909 bits per heavy atom. The second-order valence-electron chi connectivity index (χ2n) is 6.78. The van der Waals surface area contributed by atoms with Crippen LogP contribution >= 0.6 is 11.6 Å². The lowest BCUT2D eigenvalue weighted by molar-refractivity contribution is -0.137. The number of nitrogens with one attached hydrogen (secondary N) is 2. The molecular formula is C22H14ClF3N4O3. The number of anilines is 2. The molecule has 33 heavy (non-hydrogen) atoms. The van der Waals surface area contributed by atoms with E-state index >= 15 is 0 Å². The number of ether oxygens (including phenoxy) is 1. The summed E-state index contributed by atoms with van der Waals surface area (Å²) in [5, 5.41) is 13.9. The highest BCUT2D eigenvalue weighted by molar-refractivity contribution is 6.31. The molecule has 0 radical (unpaired) electrons. The summed E-state index contributed by atoms with van der Waals surface area (Å²) in [4.78, 5) is 20.2. The largest absolute Gasteiger partial charge is 0.492 e. The second kappa shape index (κ2) is 8.83. The average Bonchev–Trinajstić information content (AvgIpc) is 2.75. The Kier molecular flexibility index (Phi) is 5.93. The molecule has 0 aliphatic carbocycles. The van der Waals surface area contributed by atoms with E-state index < -0.39 is 22.8 Å². The molecule has 168 valence electrons. The number of carbonyl (C=O) groups excluding carboxylic acids is 1. The molecule has 7 nitrogen and oxygen atoms in total. The van der Waals surface area contributed by atoms with E-state index in [1.54, 1.807) is 42.5 Å². The standard InChI is InChI=1S/C22H14ClF3N4O3/c23-17-7-3-13(9-16(17)22(24,25)26)29-21(32)28-12-1-4-14(5-2-12)33-15-6-8-18-19(10-15)30-20(31)11-27-18/h1-11H,(H,30,31)(H2,28,29,32). The predicted molar refractivity (Wildman–Crippen MR) is 117 cm³/mol. The summed E-state index contributed by atoms with van der Waals surface area (Å²) in [6, 6.07) is 13.7. The van der Waals surface area contributed by atoms with Crippen molar-refractivity contribution >= 4 is 40.0 Å². The van der Waals surface area contributed by atoms with E-state index in [4.69, 9.17) is 16.3 Å². The van der Waals surface area contributed by atoms with Gasteiger partial charge in [0.25, 0.3) is 0 Å². The van der Waals surface area contributed by atoms with Gasteiger partial charge in [0.2, 0.25) is 5.88 Å². The number of amides is 2. The number of aromatic nitrogens is 2. The maximum Gasteiger partial charge on any atom is 0.417 e. The lowest BCUT2D eigenvalue weighted by Crippen LogP contribution is -2.19. The van der Waals surface area contributed by atoms with Crippen LogP contribution in [-0.2, 0) is 6.18 Å². The number of benzene rings is 3. The summed E-state index contributed by atoms with van der Waals surface area (Å²) in [6.07, 6.45) is -3.40. The fourth-order valence-corrected chi connectivity index (χ4v) is 3.13. The van der Waals surface area contributed by atoms with Crippen molar-refractivity contribution in [3.63, 3.8) is 0 Å². The van der Waals surface area contributed by atoms with Crippen LogP contribution in [0.4, 0.5) is 29.3 Å². The summed E-state index contributed by atoms with van der Waals surface area (Å²) >= 11 is 5.58. The predicted octanol–water partition coefficient (Wildman–Crippen LogP) is 6.44. The highest BCUT2D eigenvalue weighted by Crippen LogP contribution is 2.36. The lowest BCUT2D eigenvalue weighted by atomic mass is 10.2. The third-order valence-electron chi connectivity index (χ3n) is 4.38. The molecule has 0 atom stereocenters. The van der Waals surface area contributed by atoms with Gasteiger partial charge in [-0.2, -0.15) is 13.2 Å². The quantitative estimate of drug-likeness (QED) is 0.316. The third-order valence-corrected chi connectivity index (χ3v) is 4.71. The number of rotatable bonds is 4. The monoisotopic (exact) mass is 474 g/mol. The van der Waals surface area contributed by atoms with Crippen molar-refractivity contribution in [3.8, 4) is 17.4 Å². The van der Waals surface area contributed by atoms with Crippen LogP contribution in [0.5, 0.6) is 17.4 Å². The Bertz CT molecular complexity index is 1330. The molecule has 0 aliphatic heterocycles. The zero-order valence-electron chi connectivity index (χ0n) is 16.5. The Balaban J connectivity index is 1.40. The van der Waals surface area contributed by atoms with E-state index in [-0.39, 0.29) is 11.6 Å². The first kappa shape index (κ1) is 22.2. The van der Waals surface area contributed by atoms with E-state index in [9.17, 15) is 23.1 Å². The molecule has 4 rings (SSSR count). The SMILES string of the molecule is O=C(Nc1ccc(Oc2ccc3ncc(O)nc3c2)cc1)Nc1ccc(Cl)c(C(F)(F)F)c1. The van der Waals surface area contributed by atoms with E-state index in [1.807, 2.05) is 0 Å². The second-order valence-corrected chi connectivity index (χ2v) is 7.18. The average molecular weight is 475 g/mol. The molecular weight excluding hydrogens is 461 g/mol. The summed E-state index contributed by atoms with van der Waals surface area (Å²) in [7, 11) is 0. The minimum absolute atomic E-state index is 0.0605. The molecule has 0 aliphatic rings. The topological polar surface area (TPSA) is 96.4 Å². The zero-order chi connectivity index (χ0) is 23.6. The van der Waals surface area contributed by atoms with Crippen LogP contribution in [0.2, 0.25) is 5.02 Å². The number of hydrogen-bond donors (Lipinski definition) is 3. The normalized spacial score (nSPS) is 11.3. The van der Waals surface area contributed by atoms with Gasteiger partial charge in [-0.25, -0.2) is 14.8 Å². The first-order chi connectivity index (χ1) is 15.7. The van der Waals surface area contributed by atoms with Gasteiger partial charge >= 0.3 is 12.2 Å². The van der Waals surface area contributed by atoms with Crippen LogP contribution in [0.1, 0.15) is 5.56 Å². The van der Waals surface area contributed by atoms with Crippen molar-refractivity contribution in [2.45, 2.75) is 6.18 Å². The lowest BCUT2D eigenvalue weighted by Gasteiger charge is -2.12. The Morgan fingerprint density at radius 2 is 1.58 bits per heavy atom. The molecule has 0 spiro atoms. The van der Waals surface area contributed by atoms with Crippen molar-refractivity contribution in [2.24, 2.45) is 0 Å². The van der Waals surface area contributed by atoms with Crippen LogP contribution in [0.3, 0.4) is 0 Å². The van der Waals surface area contributed by atoms with Gasteiger partial charge in [-0.05, 0) is 54.6 Å². The molecule has 0 bridgehead atoms. The van der Waals surface area contributed by atoms with Crippen molar-refractivity contribution in [3.05, 3.63) is 77.4 Å². The van der Waals surface area contributed by atoms with Gasteiger partial charge in [-0.3, -0.25) is 0 Å². The Morgan fingerprint density at radius 3 is 2.30 bits per heavy atom. The molecule has 0 saturated carbocycles. The van der Waals surface area contributed by atoms with Crippen molar-refractivity contribution in [1.82, 2.24) is 9.97 Å². The van der Waals surface area contributed by atoms with Gasteiger partial charge in [0.1, 0.15) is 11.5 Å². The van der Waals surface area contributed by atoms with Crippen molar-refractivity contribution in [1.29, 1.82) is 0 Å². The van der Waals surface area contributed by atoms with Gasteiger partial charge in [-0.1, -0.05) is 11.6 Å². The van der Waals surface area contributed by atoms with Gasteiger partial charge in [-0.15, -0.1) is 0 Å². The first-order valence-electron chi connectivity index (χ1n) is 9.36. The van der Waals surface area contributed by atoms with Crippen molar-refractivity contribution in [2.75, 3.05) is 10.6 Å². The fourth-order valence-electron chi connectivity index (χ4n) is 2.90. The van der Waals surface area contributed by atoms with Crippen molar-refractivity contribution < 1.29 is 27.8 Å². The highest BCUT2D eigenvalue weighted by atomic mass is 35.5. The van der Waals surface area contributed by atoms with Crippen LogP contribution in [-0.4, -0.2) is 21.1 Å². The number of carbonyl (C=O) groups is 1. The number of aromatic hydroxyl groups is 1.